The number of rotatable bonds is 6. The van der Waals surface area contributed by atoms with E-state index in [1.807, 2.05) is 87.5 Å². The quantitative estimate of drug-likeness (QED) is 0.275. The Morgan fingerprint density at radius 1 is 1.02 bits per heavy atom. The van der Waals surface area contributed by atoms with Crippen molar-refractivity contribution in [1.82, 2.24) is 19.9 Å². The number of aromatic nitrogens is 3. The fraction of sp³-hybridized carbons (Fsp3) is 0.361. The summed E-state index contributed by atoms with van der Waals surface area (Å²) in [6.45, 7) is 10.7. The lowest BCUT2D eigenvalue weighted by atomic mass is 10.0. The van der Waals surface area contributed by atoms with E-state index in [2.05, 4.69) is 20.2 Å². The van der Waals surface area contributed by atoms with Gasteiger partial charge < -0.3 is 29.3 Å². The summed E-state index contributed by atoms with van der Waals surface area (Å²) in [5, 5.41) is 3.35. The maximum atomic E-state index is 13.1. The zero-order chi connectivity index (χ0) is 33.6. The van der Waals surface area contributed by atoms with E-state index in [0.717, 1.165) is 58.0 Å². The molecule has 12 nitrogen and oxygen atoms in total. The summed E-state index contributed by atoms with van der Waals surface area (Å²) in [5.74, 6) is 1.72. The molecular weight excluding hydrogens is 610 g/mol. The summed E-state index contributed by atoms with van der Waals surface area (Å²) >= 11 is 0. The van der Waals surface area contributed by atoms with Crippen molar-refractivity contribution in [1.29, 1.82) is 0 Å². The highest BCUT2D eigenvalue weighted by Crippen LogP contribution is 2.40. The van der Waals surface area contributed by atoms with Crippen molar-refractivity contribution in [2.75, 3.05) is 41.9 Å². The molecule has 48 heavy (non-hydrogen) atoms. The molecule has 0 aliphatic carbocycles. The van der Waals surface area contributed by atoms with Crippen LogP contribution in [0.15, 0.2) is 54.9 Å². The second kappa shape index (κ2) is 12.3. The van der Waals surface area contributed by atoms with Gasteiger partial charge in [0.1, 0.15) is 23.6 Å². The van der Waals surface area contributed by atoms with Crippen LogP contribution in [0.4, 0.5) is 27.8 Å². The Morgan fingerprint density at radius 3 is 2.60 bits per heavy atom. The summed E-state index contributed by atoms with van der Waals surface area (Å²) in [5.41, 5.74) is 7.37. The summed E-state index contributed by atoms with van der Waals surface area (Å²) in [6, 6.07) is 13.5. The van der Waals surface area contributed by atoms with Gasteiger partial charge in [-0.2, -0.15) is 0 Å². The molecule has 0 fully saturated rings. The summed E-state index contributed by atoms with van der Waals surface area (Å²) in [4.78, 5) is 46.0. The number of fused-ring (bicyclic) bond motifs is 3. The fourth-order valence-corrected chi connectivity index (χ4v) is 6.38. The second-order valence-corrected chi connectivity index (χ2v) is 13.2. The largest absolute Gasteiger partial charge is 0.497 e. The zero-order valence-corrected chi connectivity index (χ0v) is 27.9. The molecule has 2 aromatic heterocycles. The highest BCUT2D eigenvalue weighted by atomic mass is 16.6. The van der Waals surface area contributed by atoms with Crippen molar-refractivity contribution in [3.8, 4) is 11.6 Å². The molecule has 1 N–H and O–H groups in total. The fourth-order valence-electron chi connectivity index (χ4n) is 6.38. The first-order valence-electron chi connectivity index (χ1n) is 16.1. The molecule has 12 heteroatoms. The number of pyridine rings is 1. The number of amides is 2. The molecule has 4 aromatic rings. The van der Waals surface area contributed by atoms with Crippen LogP contribution in [0.3, 0.4) is 0 Å². The number of ether oxygens (including phenoxy) is 3. The van der Waals surface area contributed by atoms with E-state index in [9.17, 15) is 9.59 Å². The molecule has 0 bridgehead atoms. The van der Waals surface area contributed by atoms with E-state index in [4.69, 9.17) is 19.2 Å². The molecule has 3 aliphatic heterocycles. The molecule has 7 rings (SSSR count). The first-order valence-corrected chi connectivity index (χ1v) is 16.1. The van der Waals surface area contributed by atoms with Crippen LogP contribution in [0, 0.1) is 6.92 Å². The average molecular weight is 650 g/mol. The Balaban J connectivity index is 1.06. The smallest absolute Gasteiger partial charge is 0.415 e. The monoisotopic (exact) mass is 649 g/mol. The lowest BCUT2D eigenvalue weighted by Crippen LogP contribution is -2.42. The predicted octanol–water partition coefficient (Wildman–Crippen LogP) is 5.78. The number of carbonyl (C=O) groups is 2. The van der Waals surface area contributed by atoms with Gasteiger partial charge in [0.05, 0.1) is 37.8 Å². The standard InChI is InChI=1S/C36H39N7O5/c1-22-30(18-37-32-31(22)43(14-15-47-32)35(45)48-36(2,3)4)41-13-12-24-17-38-34(40-29(24)21-41)39-26-8-11-28-25(16-26)20-42(33(28)44)19-23-6-9-27(46-5)10-7-23/h6-11,16-18H,12-15,19-21H2,1-5H3,(H,38,39,40). The van der Waals surface area contributed by atoms with Gasteiger partial charge in [0, 0.05) is 42.6 Å². The molecule has 2 aromatic carbocycles. The highest BCUT2D eigenvalue weighted by molar-refractivity contribution is 5.99. The van der Waals surface area contributed by atoms with Crippen LogP contribution < -0.4 is 24.6 Å². The average Bonchev–Trinajstić information content (AvgIpc) is 3.37. The molecule has 0 radical (unpaired) electrons. The Kier molecular flexibility index (Phi) is 8.02. The van der Waals surface area contributed by atoms with E-state index in [1.54, 1.807) is 12.0 Å². The molecule has 248 valence electrons. The van der Waals surface area contributed by atoms with Gasteiger partial charge >= 0.3 is 6.09 Å². The summed E-state index contributed by atoms with van der Waals surface area (Å²) < 4.78 is 16.8. The first kappa shape index (κ1) is 31.2. The number of hydrogen-bond acceptors (Lipinski definition) is 10. The Morgan fingerprint density at radius 2 is 1.83 bits per heavy atom. The molecule has 0 atom stereocenters. The molecule has 3 aliphatic rings. The number of anilines is 4. The lowest BCUT2D eigenvalue weighted by Gasteiger charge is -2.35. The van der Waals surface area contributed by atoms with Crippen molar-refractivity contribution < 1.29 is 23.8 Å². The van der Waals surface area contributed by atoms with E-state index in [-0.39, 0.29) is 5.91 Å². The van der Waals surface area contributed by atoms with E-state index >= 15 is 0 Å². The molecule has 2 amide bonds. The molecule has 0 saturated heterocycles. The van der Waals surface area contributed by atoms with Crippen LogP contribution in [0.5, 0.6) is 11.6 Å². The number of carbonyl (C=O) groups excluding carboxylic acids is 2. The van der Waals surface area contributed by atoms with Crippen molar-refractivity contribution in [3.63, 3.8) is 0 Å². The SMILES string of the molecule is COc1ccc(CN2Cc3cc(Nc4ncc5c(n4)CN(c4cnc6c(c4C)N(C(=O)OC(C)(C)C)CCO6)CC5)ccc3C2=O)cc1. The number of hydrogen-bond donors (Lipinski definition) is 1. The van der Waals surface area contributed by atoms with Crippen molar-refractivity contribution in [2.24, 2.45) is 0 Å². The number of benzene rings is 2. The summed E-state index contributed by atoms with van der Waals surface area (Å²) in [7, 11) is 1.64. The minimum absolute atomic E-state index is 0.0187. The van der Waals surface area contributed by atoms with Crippen LogP contribution in [-0.2, 0) is 30.8 Å². The van der Waals surface area contributed by atoms with E-state index in [1.165, 1.54) is 0 Å². The molecule has 0 saturated carbocycles. The first-order chi connectivity index (χ1) is 23.1. The number of nitrogens with zero attached hydrogens (tertiary/aromatic N) is 6. The maximum absolute atomic E-state index is 13.1. The van der Waals surface area contributed by atoms with Gasteiger partial charge in [0.15, 0.2) is 0 Å². The normalized spacial score (nSPS) is 15.4. The van der Waals surface area contributed by atoms with Gasteiger partial charge in [0.2, 0.25) is 11.8 Å². The second-order valence-electron chi connectivity index (χ2n) is 13.2. The van der Waals surface area contributed by atoms with Crippen LogP contribution in [0.25, 0.3) is 0 Å². The maximum Gasteiger partial charge on any atom is 0.415 e. The van der Waals surface area contributed by atoms with Crippen molar-refractivity contribution in [2.45, 2.75) is 59.4 Å². The van der Waals surface area contributed by atoms with Gasteiger partial charge in [-0.15, -0.1) is 0 Å². The number of methoxy groups -OCH3 is 1. The van der Waals surface area contributed by atoms with Gasteiger partial charge in [-0.1, -0.05) is 12.1 Å². The molecule has 0 unspecified atom stereocenters. The van der Waals surface area contributed by atoms with Crippen LogP contribution in [0.1, 0.15) is 59.1 Å². The van der Waals surface area contributed by atoms with Crippen molar-refractivity contribution in [3.05, 3.63) is 88.4 Å². The predicted molar refractivity (Wildman–Crippen MR) is 181 cm³/mol. The van der Waals surface area contributed by atoms with Crippen LogP contribution >= 0.6 is 0 Å². The topological polar surface area (TPSA) is 122 Å². The molecular formula is C36H39N7O5. The Labute approximate surface area is 279 Å². The van der Waals surface area contributed by atoms with Gasteiger partial charge in [0.25, 0.3) is 5.91 Å². The van der Waals surface area contributed by atoms with E-state index < -0.39 is 11.7 Å². The highest BCUT2D eigenvalue weighted by Gasteiger charge is 2.33. The van der Waals surface area contributed by atoms with Crippen LogP contribution in [0.2, 0.25) is 0 Å². The Bertz CT molecular complexity index is 1890. The molecule has 5 heterocycles. The summed E-state index contributed by atoms with van der Waals surface area (Å²) in [6.07, 6.45) is 4.04. The van der Waals surface area contributed by atoms with Gasteiger partial charge in [-0.3, -0.25) is 9.69 Å². The van der Waals surface area contributed by atoms with E-state index in [0.29, 0.717) is 55.9 Å². The zero-order valence-electron chi connectivity index (χ0n) is 27.9. The van der Waals surface area contributed by atoms with Crippen LogP contribution in [-0.4, -0.2) is 64.3 Å². The lowest BCUT2D eigenvalue weighted by molar-refractivity contribution is 0.0566. The number of nitrogens with one attached hydrogen (secondary N) is 1. The van der Waals surface area contributed by atoms with Gasteiger partial charge in [-0.25, -0.2) is 19.7 Å². The third-order valence-corrected chi connectivity index (χ3v) is 8.74. The van der Waals surface area contributed by atoms with Crippen molar-refractivity contribution >= 4 is 35.0 Å². The third-order valence-electron chi connectivity index (χ3n) is 8.74. The third kappa shape index (κ3) is 6.17. The minimum atomic E-state index is -0.619. The minimum Gasteiger partial charge on any atom is -0.497 e. The van der Waals surface area contributed by atoms with Gasteiger partial charge in [-0.05, 0) is 81.1 Å². The molecule has 0 spiro atoms. The Hall–Kier alpha value is -5.39.